The van der Waals surface area contributed by atoms with Crippen molar-refractivity contribution in [3.63, 3.8) is 0 Å². The molecule has 29 heavy (non-hydrogen) atoms. The molecule has 5 nitrogen and oxygen atoms in total. The molecule has 2 rings (SSSR count). The van der Waals surface area contributed by atoms with Crippen LogP contribution in [-0.4, -0.2) is 53.0 Å². The highest BCUT2D eigenvalue weighted by molar-refractivity contribution is 5.96. The molecule has 0 saturated carbocycles. The number of hydrogen-bond acceptors (Lipinski definition) is 5. The Kier molecular flexibility index (Phi) is 8.13. The fourth-order valence-electron chi connectivity index (χ4n) is 2.98. The summed E-state index contributed by atoms with van der Waals surface area (Å²) < 4.78 is 26.0. The van der Waals surface area contributed by atoms with Gasteiger partial charge in [-0.1, -0.05) is 54.6 Å². The Morgan fingerprint density at radius 2 is 1.62 bits per heavy atom. The van der Waals surface area contributed by atoms with Gasteiger partial charge < -0.3 is 15.5 Å². The quantitative estimate of drug-likeness (QED) is 0.395. The Morgan fingerprint density at radius 3 is 2.17 bits per heavy atom. The van der Waals surface area contributed by atoms with Crippen molar-refractivity contribution in [2.24, 2.45) is 0 Å². The first kappa shape index (κ1) is 22.8. The minimum atomic E-state index is -3.17. The van der Waals surface area contributed by atoms with Crippen LogP contribution in [0.25, 0.3) is 11.1 Å². The maximum absolute atomic E-state index is 13.0. The van der Waals surface area contributed by atoms with Crippen LogP contribution in [0.4, 0.5) is 8.78 Å². The highest BCUT2D eigenvalue weighted by Gasteiger charge is 2.44. The standard InChI is InChI=1S/C22H25F2NO4/c1-22(29,21(23)24)20(19(28)14-26)25-13-5-8-18(27)17-11-9-16(10-12-17)15-6-3-2-4-7-15/h2-4,6-7,9-12,20-21,25-26,29H,5,8,13-14H2,1H3/t20-,22+/m1/s1. The zero-order chi connectivity index (χ0) is 21.4. The molecule has 0 bridgehead atoms. The van der Waals surface area contributed by atoms with Gasteiger partial charge in [0.2, 0.25) is 0 Å². The number of alkyl halides is 2. The van der Waals surface area contributed by atoms with E-state index in [0.29, 0.717) is 5.56 Å². The van der Waals surface area contributed by atoms with Crippen LogP contribution in [0.5, 0.6) is 0 Å². The fourth-order valence-corrected chi connectivity index (χ4v) is 2.98. The number of Topliss-reactive ketones (excluding diaryl/α,β-unsaturated/α-hetero) is 2. The number of halogens is 2. The highest BCUT2D eigenvalue weighted by atomic mass is 19.3. The first-order valence-corrected chi connectivity index (χ1v) is 9.33. The average Bonchev–Trinajstić information content (AvgIpc) is 2.73. The number of hydrogen-bond donors (Lipinski definition) is 3. The van der Waals surface area contributed by atoms with Crippen LogP contribution in [0.3, 0.4) is 0 Å². The molecular formula is C22H25F2NO4. The van der Waals surface area contributed by atoms with E-state index in [-0.39, 0.29) is 25.2 Å². The molecule has 3 N–H and O–H groups in total. The van der Waals surface area contributed by atoms with Gasteiger partial charge in [0.05, 0.1) is 0 Å². The lowest BCUT2D eigenvalue weighted by atomic mass is 9.93. The zero-order valence-corrected chi connectivity index (χ0v) is 16.1. The minimum Gasteiger partial charge on any atom is -0.389 e. The number of carbonyl (C=O) groups is 2. The molecule has 0 aliphatic heterocycles. The van der Waals surface area contributed by atoms with Crippen LogP contribution in [0, 0.1) is 0 Å². The van der Waals surface area contributed by atoms with Crippen LogP contribution in [0.2, 0.25) is 0 Å². The monoisotopic (exact) mass is 405 g/mol. The SMILES string of the molecule is C[C@@](O)(C(F)F)[C@H](NCCCC(=O)c1ccc(-c2ccccc2)cc1)C(=O)CO. The molecule has 7 heteroatoms. The van der Waals surface area contributed by atoms with E-state index < -0.39 is 30.5 Å². The second-order valence-corrected chi connectivity index (χ2v) is 7.01. The van der Waals surface area contributed by atoms with Crippen molar-refractivity contribution in [3.8, 4) is 11.1 Å². The molecule has 0 amide bonds. The molecule has 0 spiro atoms. The average molecular weight is 405 g/mol. The first-order valence-electron chi connectivity index (χ1n) is 9.33. The third-order valence-corrected chi connectivity index (χ3v) is 4.75. The molecule has 0 heterocycles. The van der Waals surface area contributed by atoms with Crippen LogP contribution in [0.15, 0.2) is 54.6 Å². The van der Waals surface area contributed by atoms with E-state index in [1.54, 1.807) is 12.1 Å². The number of aliphatic hydroxyl groups is 2. The Hall–Kier alpha value is -2.48. The Morgan fingerprint density at radius 1 is 1.03 bits per heavy atom. The molecule has 0 unspecified atom stereocenters. The number of carbonyl (C=O) groups excluding carboxylic acids is 2. The van der Waals surface area contributed by atoms with Crippen molar-refractivity contribution in [2.75, 3.05) is 13.2 Å². The minimum absolute atomic E-state index is 0.0626. The van der Waals surface area contributed by atoms with E-state index in [1.807, 2.05) is 42.5 Å². The molecule has 2 aromatic carbocycles. The second kappa shape index (κ2) is 10.3. The molecule has 2 aromatic rings. The van der Waals surface area contributed by atoms with Gasteiger partial charge in [-0.05, 0) is 31.0 Å². The van der Waals surface area contributed by atoms with Gasteiger partial charge in [-0.2, -0.15) is 0 Å². The van der Waals surface area contributed by atoms with Gasteiger partial charge in [-0.15, -0.1) is 0 Å². The molecule has 156 valence electrons. The molecule has 2 atom stereocenters. The predicted octanol–water partition coefficient (Wildman–Crippen LogP) is 2.85. The lowest BCUT2D eigenvalue weighted by Gasteiger charge is -2.31. The Bertz CT molecular complexity index is 807. The first-order chi connectivity index (χ1) is 13.8. The van der Waals surface area contributed by atoms with Crippen molar-refractivity contribution < 1.29 is 28.6 Å². The molecule has 0 aromatic heterocycles. The molecule has 0 fully saturated rings. The van der Waals surface area contributed by atoms with E-state index in [0.717, 1.165) is 18.1 Å². The van der Waals surface area contributed by atoms with E-state index >= 15 is 0 Å². The van der Waals surface area contributed by atoms with Gasteiger partial charge in [-0.25, -0.2) is 8.78 Å². The zero-order valence-electron chi connectivity index (χ0n) is 16.1. The molecular weight excluding hydrogens is 380 g/mol. The number of aliphatic hydroxyl groups excluding tert-OH is 1. The number of benzene rings is 2. The lowest BCUT2D eigenvalue weighted by molar-refractivity contribution is -0.143. The molecule has 0 radical (unpaired) electrons. The number of rotatable bonds is 11. The smallest absolute Gasteiger partial charge is 0.268 e. The fraction of sp³-hybridized carbons (Fsp3) is 0.364. The Labute approximate surface area is 168 Å². The third kappa shape index (κ3) is 6.00. The maximum atomic E-state index is 13.0. The summed E-state index contributed by atoms with van der Waals surface area (Å²) in [6.45, 7) is -0.0668. The summed E-state index contributed by atoms with van der Waals surface area (Å²) in [6, 6.07) is 15.3. The Balaban J connectivity index is 1.89. The summed E-state index contributed by atoms with van der Waals surface area (Å²) in [7, 11) is 0. The lowest BCUT2D eigenvalue weighted by Crippen LogP contribution is -2.58. The van der Waals surface area contributed by atoms with Crippen LogP contribution in [-0.2, 0) is 4.79 Å². The molecule has 0 aliphatic rings. The van der Waals surface area contributed by atoms with Gasteiger partial charge in [0.1, 0.15) is 18.2 Å². The largest absolute Gasteiger partial charge is 0.389 e. The van der Waals surface area contributed by atoms with E-state index in [4.69, 9.17) is 5.11 Å². The summed E-state index contributed by atoms with van der Waals surface area (Å²) in [5.74, 6) is -1.05. The van der Waals surface area contributed by atoms with Crippen molar-refractivity contribution in [1.29, 1.82) is 0 Å². The topological polar surface area (TPSA) is 86.6 Å². The van der Waals surface area contributed by atoms with Crippen LogP contribution >= 0.6 is 0 Å². The van der Waals surface area contributed by atoms with Gasteiger partial charge in [0.15, 0.2) is 11.6 Å². The predicted molar refractivity (Wildman–Crippen MR) is 106 cm³/mol. The highest BCUT2D eigenvalue weighted by Crippen LogP contribution is 2.21. The van der Waals surface area contributed by atoms with Gasteiger partial charge in [0, 0.05) is 12.0 Å². The summed E-state index contributed by atoms with van der Waals surface area (Å²) in [6.07, 6.45) is -2.73. The summed E-state index contributed by atoms with van der Waals surface area (Å²) in [5, 5.41) is 21.3. The molecule has 0 saturated heterocycles. The number of ketones is 2. The van der Waals surface area contributed by atoms with Gasteiger partial charge >= 0.3 is 0 Å². The molecule has 0 aliphatic carbocycles. The van der Waals surface area contributed by atoms with Crippen molar-refractivity contribution in [1.82, 2.24) is 5.32 Å². The second-order valence-electron chi connectivity index (χ2n) is 7.01. The summed E-state index contributed by atoms with van der Waals surface area (Å²) in [5.41, 5.74) is -0.0473. The van der Waals surface area contributed by atoms with E-state index in [2.05, 4.69) is 5.32 Å². The van der Waals surface area contributed by atoms with E-state index in [1.165, 1.54) is 0 Å². The normalized spacial score (nSPS) is 14.4. The van der Waals surface area contributed by atoms with Crippen molar-refractivity contribution in [3.05, 3.63) is 60.2 Å². The van der Waals surface area contributed by atoms with Gasteiger partial charge in [-0.3, -0.25) is 9.59 Å². The van der Waals surface area contributed by atoms with Gasteiger partial charge in [0.25, 0.3) is 6.43 Å². The maximum Gasteiger partial charge on any atom is 0.268 e. The van der Waals surface area contributed by atoms with E-state index in [9.17, 15) is 23.5 Å². The van der Waals surface area contributed by atoms with Crippen molar-refractivity contribution >= 4 is 11.6 Å². The number of nitrogens with one attached hydrogen (secondary N) is 1. The van der Waals surface area contributed by atoms with Crippen LogP contribution < -0.4 is 5.32 Å². The third-order valence-electron chi connectivity index (χ3n) is 4.75. The summed E-state index contributed by atoms with van der Waals surface area (Å²) in [4.78, 5) is 24.0. The summed E-state index contributed by atoms with van der Waals surface area (Å²) >= 11 is 0. The van der Waals surface area contributed by atoms with Crippen LogP contribution in [0.1, 0.15) is 30.1 Å². The van der Waals surface area contributed by atoms with Crippen molar-refractivity contribution in [2.45, 2.75) is 37.8 Å².